The molecule has 1 spiro atoms. The van der Waals surface area contributed by atoms with Crippen molar-refractivity contribution >= 4 is 5.84 Å². The van der Waals surface area contributed by atoms with Crippen LogP contribution in [0.25, 0.3) is 0 Å². The maximum Gasteiger partial charge on any atom is 0.343 e. The molecule has 18 heavy (non-hydrogen) atoms. The molecule has 3 atom stereocenters. The van der Waals surface area contributed by atoms with Crippen LogP contribution in [0.3, 0.4) is 0 Å². The molecule has 0 aromatic rings. The van der Waals surface area contributed by atoms with E-state index in [0.717, 1.165) is 0 Å². The Morgan fingerprint density at radius 3 is 2.33 bits per heavy atom. The molecule has 0 amide bonds. The highest BCUT2D eigenvalue weighted by Gasteiger charge is 2.97. The van der Waals surface area contributed by atoms with Gasteiger partial charge in [0.05, 0.1) is 25.4 Å². The summed E-state index contributed by atoms with van der Waals surface area (Å²) in [6.45, 7) is 4.76. The molecule has 6 heteroatoms. The van der Waals surface area contributed by atoms with E-state index in [-0.39, 0.29) is 11.8 Å². The van der Waals surface area contributed by atoms with Gasteiger partial charge in [0, 0.05) is 5.92 Å². The number of nitriles is 2. The smallest absolute Gasteiger partial charge is 0.311 e. The third kappa shape index (κ3) is 0.808. The Morgan fingerprint density at radius 2 is 1.94 bits per heavy atom. The van der Waals surface area contributed by atoms with Crippen molar-refractivity contribution in [2.24, 2.45) is 28.4 Å². The molecular formula is C12H15N4O2+. The summed E-state index contributed by atoms with van der Waals surface area (Å²) >= 11 is 0. The fourth-order valence-electron chi connectivity index (χ4n) is 3.88. The molecule has 1 saturated carbocycles. The van der Waals surface area contributed by atoms with Gasteiger partial charge in [-0.2, -0.15) is 10.5 Å². The van der Waals surface area contributed by atoms with Crippen LogP contribution >= 0.6 is 0 Å². The normalized spacial score (nSPS) is 43.4. The molecule has 94 valence electrons. The van der Waals surface area contributed by atoms with Gasteiger partial charge in [-0.25, -0.2) is 4.99 Å². The second-order valence-electron chi connectivity index (χ2n) is 5.41. The molecule has 3 aliphatic rings. The van der Waals surface area contributed by atoms with Crippen LogP contribution in [0, 0.1) is 45.3 Å². The molecule has 1 saturated heterocycles. The van der Waals surface area contributed by atoms with Crippen LogP contribution in [0.1, 0.15) is 13.8 Å². The van der Waals surface area contributed by atoms with Crippen LogP contribution in [-0.4, -0.2) is 25.0 Å². The van der Waals surface area contributed by atoms with Crippen LogP contribution in [0.15, 0.2) is 0 Å². The minimum absolute atomic E-state index is 0.148. The van der Waals surface area contributed by atoms with Gasteiger partial charge in [-0.05, 0) is 5.92 Å². The quantitative estimate of drug-likeness (QED) is 0.583. The summed E-state index contributed by atoms with van der Waals surface area (Å²) in [7, 11) is 0. The molecule has 2 aliphatic heterocycles. The zero-order valence-corrected chi connectivity index (χ0v) is 10.4. The molecule has 3 rings (SSSR count). The summed E-state index contributed by atoms with van der Waals surface area (Å²) in [4.78, 5) is 2.90. The fourth-order valence-corrected chi connectivity index (χ4v) is 3.88. The van der Waals surface area contributed by atoms with E-state index in [2.05, 4.69) is 17.1 Å². The van der Waals surface area contributed by atoms with Crippen molar-refractivity contribution in [2.75, 3.05) is 13.2 Å². The lowest BCUT2D eigenvalue weighted by atomic mass is 9.93. The third-order valence-electron chi connectivity index (χ3n) is 4.43. The van der Waals surface area contributed by atoms with E-state index in [1.807, 2.05) is 13.8 Å². The van der Waals surface area contributed by atoms with E-state index in [0.29, 0.717) is 19.0 Å². The third-order valence-corrected chi connectivity index (χ3v) is 4.43. The summed E-state index contributed by atoms with van der Waals surface area (Å²) in [5, 5.41) is 19.2. The lowest BCUT2D eigenvalue weighted by Gasteiger charge is -2.24. The van der Waals surface area contributed by atoms with Gasteiger partial charge in [-0.3, -0.25) is 5.73 Å². The number of nitrogens with zero attached hydrogens (tertiary/aromatic N) is 2. The molecule has 2 fully saturated rings. The first-order chi connectivity index (χ1) is 8.52. The molecule has 0 aromatic heterocycles. The van der Waals surface area contributed by atoms with Crippen LogP contribution in [0.5, 0.6) is 0 Å². The molecule has 1 aliphatic carbocycles. The Hall–Kier alpha value is -1.63. The highest BCUT2D eigenvalue weighted by molar-refractivity contribution is 5.93. The Balaban J connectivity index is 2.21. The predicted molar refractivity (Wildman–Crippen MR) is 59.2 cm³/mol. The first kappa shape index (κ1) is 11.5. The number of hydrogen-bond donors (Lipinski definition) is 2. The van der Waals surface area contributed by atoms with Gasteiger partial charge in [0.15, 0.2) is 10.8 Å². The Morgan fingerprint density at radius 1 is 1.33 bits per heavy atom. The Labute approximate surface area is 105 Å². The largest absolute Gasteiger partial charge is 0.343 e. The SMILES string of the molecule is CC(C)[C@H]1[C@]2(C#N)C(N)=[NH+]C3(OCCO3)[C@]12C#N. The summed E-state index contributed by atoms with van der Waals surface area (Å²) in [6.07, 6.45) is 0. The van der Waals surface area contributed by atoms with E-state index >= 15 is 0 Å². The van der Waals surface area contributed by atoms with Gasteiger partial charge in [0.25, 0.3) is 5.84 Å². The van der Waals surface area contributed by atoms with Crippen molar-refractivity contribution in [1.29, 1.82) is 10.5 Å². The summed E-state index contributed by atoms with van der Waals surface area (Å²) in [5.41, 5.74) is 3.94. The summed E-state index contributed by atoms with van der Waals surface area (Å²) < 4.78 is 11.2. The van der Waals surface area contributed by atoms with Crippen molar-refractivity contribution in [2.45, 2.75) is 19.8 Å². The van der Waals surface area contributed by atoms with E-state index in [4.69, 9.17) is 15.2 Å². The summed E-state index contributed by atoms with van der Waals surface area (Å²) in [6, 6.07) is 4.50. The van der Waals surface area contributed by atoms with E-state index in [1.54, 1.807) is 0 Å². The van der Waals surface area contributed by atoms with E-state index < -0.39 is 16.7 Å². The zero-order chi connectivity index (χ0) is 13.2. The molecule has 0 aromatic carbocycles. The molecule has 0 bridgehead atoms. The number of hydrogen-bond acceptors (Lipinski definition) is 5. The summed E-state index contributed by atoms with van der Waals surface area (Å²) in [5.74, 6) is -0.961. The number of rotatable bonds is 1. The van der Waals surface area contributed by atoms with Gasteiger partial charge in [0.1, 0.15) is 0 Å². The van der Waals surface area contributed by atoms with Gasteiger partial charge in [0.2, 0.25) is 0 Å². The lowest BCUT2D eigenvalue weighted by Crippen LogP contribution is -2.90. The van der Waals surface area contributed by atoms with Crippen LogP contribution in [0.4, 0.5) is 0 Å². The second-order valence-corrected chi connectivity index (χ2v) is 5.41. The van der Waals surface area contributed by atoms with Crippen molar-refractivity contribution in [1.82, 2.24) is 0 Å². The van der Waals surface area contributed by atoms with Gasteiger partial charge in [-0.15, -0.1) is 0 Å². The average molecular weight is 247 g/mol. The van der Waals surface area contributed by atoms with Gasteiger partial charge >= 0.3 is 5.91 Å². The number of fused-ring (bicyclic) bond motifs is 2. The number of ether oxygens (including phenoxy) is 2. The number of nitrogens with two attached hydrogens (primary N) is 1. The maximum atomic E-state index is 9.66. The maximum absolute atomic E-state index is 9.66. The lowest BCUT2D eigenvalue weighted by molar-refractivity contribution is -0.677. The first-order valence-electron chi connectivity index (χ1n) is 6.04. The topological polar surface area (TPSA) is 106 Å². The number of nitrogens with one attached hydrogen (secondary N) is 1. The molecule has 0 radical (unpaired) electrons. The zero-order valence-electron chi connectivity index (χ0n) is 10.4. The first-order valence-corrected chi connectivity index (χ1v) is 6.04. The second kappa shape index (κ2) is 3.03. The number of amidine groups is 1. The Kier molecular flexibility index (Phi) is 1.93. The van der Waals surface area contributed by atoms with Crippen molar-refractivity contribution < 1.29 is 14.5 Å². The predicted octanol–water partition coefficient (Wildman–Crippen LogP) is -1.56. The minimum atomic E-state index is -1.24. The van der Waals surface area contributed by atoms with Gasteiger partial charge < -0.3 is 9.47 Å². The van der Waals surface area contributed by atoms with Crippen molar-refractivity contribution in [3.63, 3.8) is 0 Å². The molecule has 6 nitrogen and oxygen atoms in total. The highest BCUT2D eigenvalue weighted by Crippen LogP contribution is 2.76. The van der Waals surface area contributed by atoms with E-state index in [9.17, 15) is 10.5 Å². The minimum Gasteiger partial charge on any atom is -0.311 e. The molecule has 3 N–H and O–H groups in total. The monoisotopic (exact) mass is 247 g/mol. The highest BCUT2D eigenvalue weighted by atomic mass is 16.8. The van der Waals surface area contributed by atoms with Crippen molar-refractivity contribution in [3.8, 4) is 12.1 Å². The molecule has 2 heterocycles. The molecule has 0 unspecified atom stereocenters. The standard InChI is InChI=1S/C12H14N4O2/c1-7(2)8-10(5-13)9(15)16-12(11(8,10)6-14)17-3-4-18-12/h7-8H,3-4H2,1-2H3,(H2,15,16)/p+1/t8-,10+,11+/m0/s1. The molecular weight excluding hydrogens is 232 g/mol. The average Bonchev–Trinajstić information content (AvgIpc) is 2.62. The van der Waals surface area contributed by atoms with Crippen LogP contribution in [-0.2, 0) is 9.47 Å². The van der Waals surface area contributed by atoms with Crippen LogP contribution < -0.4 is 10.7 Å². The van der Waals surface area contributed by atoms with Gasteiger partial charge in [-0.1, -0.05) is 13.8 Å². The van der Waals surface area contributed by atoms with E-state index in [1.165, 1.54) is 0 Å². The fraction of sp³-hybridized carbons (Fsp3) is 0.750. The Bertz CT molecular complexity index is 523. The van der Waals surface area contributed by atoms with Crippen LogP contribution in [0.2, 0.25) is 0 Å². The van der Waals surface area contributed by atoms with Crippen molar-refractivity contribution in [3.05, 3.63) is 0 Å².